The number of rotatable bonds is 9. The van der Waals surface area contributed by atoms with Crippen molar-refractivity contribution in [2.75, 3.05) is 0 Å². The molecule has 160 valence electrons. The molecule has 2 aromatic carbocycles. The summed E-state index contributed by atoms with van der Waals surface area (Å²) in [6.45, 7) is 2.84. The van der Waals surface area contributed by atoms with Gasteiger partial charge < -0.3 is 19.9 Å². The molecule has 0 amide bonds. The molecule has 3 rings (SSSR count). The fourth-order valence-corrected chi connectivity index (χ4v) is 3.73. The van der Waals surface area contributed by atoms with Crippen LogP contribution in [0.25, 0.3) is 28.1 Å². The number of para-hydroxylation sites is 1. The van der Waals surface area contributed by atoms with Gasteiger partial charge in [-0.25, -0.2) is 4.39 Å². The average molecular weight is 435 g/mol. The number of aliphatic hydroxyl groups excluding tert-OH is 2. The molecule has 3 aromatic rings. The van der Waals surface area contributed by atoms with Crippen LogP contribution < -0.4 is 0 Å². The molecular formula is C24H27FNNaO4. The van der Waals surface area contributed by atoms with E-state index in [1.807, 2.05) is 24.3 Å². The van der Waals surface area contributed by atoms with Gasteiger partial charge in [-0.1, -0.05) is 43.3 Å². The SMILES string of the molecule is CCCn1c(/C=C/C(O)CC(O)CC(=O)O)c(-c2ccc(F)cc2)c2ccccc21.[NaH]. The molecule has 0 spiro atoms. The first-order chi connectivity index (χ1) is 14.4. The van der Waals surface area contributed by atoms with E-state index in [4.69, 9.17) is 5.11 Å². The second-order valence-electron chi connectivity index (χ2n) is 7.35. The van der Waals surface area contributed by atoms with Crippen LogP contribution in [-0.2, 0) is 11.3 Å². The third-order valence-corrected chi connectivity index (χ3v) is 4.99. The van der Waals surface area contributed by atoms with Crippen LogP contribution >= 0.6 is 0 Å². The minimum absolute atomic E-state index is 0. The summed E-state index contributed by atoms with van der Waals surface area (Å²) >= 11 is 0. The van der Waals surface area contributed by atoms with Crippen LogP contribution in [0.2, 0.25) is 0 Å². The Bertz CT molecular complexity index is 1050. The molecule has 0 aliphatic carbocycles. The number of carboxylic acid groups (broad SMARTS) is 1. The molecule has 1 aromatic heterocycles. The molecule has 7 heteroatoms. The second kappa shape index (κ2) is 11.6. The number of carboxylic acids is 1. The van der Waals surface area contributed by atoms with Crippen molar-refractivity contribution in [3.63, 3.8) is 0 Å². The molecular weight excluding hydrogens is 408 g/mol. The molecule has 3 N–H and O–H groups in total. The summed E-state index contributed by atoms with van der Waals surface area (Å²) in [5, 5.41) is 29.9. The molecule has 0 radical (unpaired) electrons. The van der Waals surface area contributed by atoms with Gasteiger partial charge in [0, 0.05) is 35.1 Å². The Morgan fingerprint density at radius 2 is 1.81 bits per heavy atom. The molecule has 0 saturated carbocycles. The van der Waals surface area contributed by atoms with Crippen LogP contribution in [0.4, 0.5) is 4.39 Å². The second-order valence-corrected chi connectivity index (χ2v) is 7.35. The predicted octanol–water partition coefficient (Wildman–Crippen LogP) is 3.81. The van der Waals surface area contributed by atoms with Crippen molar-refractivity contribution < 1.29 is 24.5 Å². The monoisotopic (exact) mass is 435 g/mol. The van der Waals surface area contributed by atoms with Gasteiger partial charge in [-0.05, 0) is 36.3 Å². The Kier molecular flexibility index (Phi) is 9.47. The van der Waals surface area contributed by atoms with Gasteiger partial charge in [0.05, 0.1) is 18.6 Å². The van der Waals surface area contributed by atoms with Gasteiger partial charge in [0.2, 0.25) is 0 Å². The van der Waals surface area contributed by atoms with Crippen LogP contribution in [0.5, 0.6) is 0 Å². The predicted molar refractivity (Wildman–Crippen MR) is 123 cm³/mol. The Morgan fingerprint density at radius 3 is 2.45 bits per heavy atom. The number of fused-ring (bicyclic) bond motifs is 1. The fraction of sp³-hybridized carbons (Fsp3) is 0.292. The molecule has 0 saturated heterocycles. The quantitative estimate of drug-likeness (QED) is 0.447. The van der Waals surface area contributed by atoms with E-state index in [9.17, 15) is 19.4 Å². The fourth-order valence-electron chi connectivity index (χ4n) is 3.73. The molecule has 5 nitrogen and oxygen atoms in total. The summed E-state index contributed by atoms with van der Waals surface area (Å²) in [6.07, 6.45) is 1.67. The van der Waals surface area contributed by atoms with Crippen LogP contribution in [0, 0.1) is 5.82 Å². The normalized spacial score (nSPS) is 13.3. The average Bonchev–Trinajstić information content (AvgIpc) is 3.00. The zero-order chi connectivity index (χ0) is 21.7. The first kappa shape index (κ1) is 25.3. The molecule has 31 heavy (non-hydrogen) atoms. The van der Waals surface area contributed by atoms with Crippen molar-refractivity contribution in [1.29, 1.82) is 0 Å². The van der Waals surface area contributed by atoms with Crippen LogP contribution in [0.3, 0.4) is 0 Å². The third-order valence-electron chi connectivity index (χ3n) is 4.99. The molecule has 0 aliphatic heterocycles. The third kappa shape index (κ3) is 6.28. The minimum atomic E-state index is -1.12. The summed E-state index contributed by atoms with van der Waals surface area (Å²) in [4.78, 5) is 10.7. The van der Waals surface area contributed by atoms with Crippen molar-refractivity contribution in [3.8, 4) is 11.1 Å². The summed E-state index contributed by atoms with van der Waals surface area (Å²) in [5.74, 6) is -1.42. The maximum atomic E-state index is 13.5. The summed E-state index contributed by atoms with van der Waals surface area (Å²) in [7, 11) is 0. The zero-order valence-electron chi connectivity index (χ0n) is 16.8. The van der Waals surface area contributed by atoms with E-state index < -0.39 is 24.6 Å². The van der Waals surface area contributed by atoms with Gasteiger partial charge in [-0.3, -0.25) is 4.79 Å². The first-order valence-corrected chi connectivity index (χ1v) is 10.0. The van der Waals surface area contributed by atoms with Crippen LogP contribution in [0.15, 0.2) is 54.6 Å². The molecule has 0 fully saturated rings. The van der Waals surface area contributed by atoms with Gasteiger partial charge in [0.15, 0.2) is 0 Å². The van der Waals surface area contributed by atoms with E-state index in [2.05, 4.69) is 11.5 Å². The number of nitrogens with zero attached hydrogens (tertiary/aromatic N) is 1. The molecule has 1 heterocycles. The number of benzene rings is 2. The topological polar surface area (TPSA) is 82.7 Å². The van der Waals surface area contributed by atoms with Gasteiger partial charge in [0.1, 0.15) is 5.82 Å². The number of hydrogen-bond donors (Lipinski definition) is 3. The number of halogens is 1. The number of hydrogen-bond acceptors (Lipinski definition) is 3. The molecule has 2 atom stereocenters. The standard InChI is InChI=1S/C24H26FNO4.Na.H/c1-2-13-26-21-6-4-3-5-20(21)24(16-7-9-17(25)10-8-16)22(26)12-11-18(27)14-19(28)15-23(29)30;;/h3-12,18-19,27-28H,2,13-15H2,1H3,(H,29,30);;/b12-11+;;. The van der Waals surface area contributed by atoms with E-state index in [0.717, 1.165) is 40.7 Å². The van der Waals surface area contributed by atoms with Crippen molar-refractivity contribution in [3.05, 3.63) is 66.1 Å². The summed E-state index contributed by atoms with van der Waals surface area (Å²) in [6, 6.07) is 14.3. The Hall–Kier alpha value is -1.96. The van der Waals surface area contributed by atoms with Crippen molar-refractivity contribution in [2.24, 2.45) is 0 Å². The van der Waals surface area contributed by atoms with E-state index >= 15 is 0 Å². The first-order valence-electron chi connectivity index (χ1n) is 10.0. The van der Waals surface area contributed by atoms with Crippen molar-refractivity contribution in [1.82, 2.24) is 4.57 Å². The number of aromatic nitrogens is 1. The number of carbonyl (C=O) groups is 1. The maximum absolute atomic E-state index is 13.5. The van der Waals surface area contributed by atoms with Gasteiger partial charge in [-0.15, -0.1) is 0 Å². The van der Waals surface area contributed by atoms with Gasteiger partial charge in [0.25, 0.3) is 0 Å². The summed E-state index contributed by atoms with van der Waals surface area (Å²) in [5.41, 5.74) is 3.71. The number of aliphatic hydroxyl groups is 2. The van der Waals surface area contributed by atoms with E-state index in [1.165, 1.54) is 12.1 Å². The van der Waals surface area contributed by atoms with E-state index in [0.29, 0.717) is 0 Å². The van der Waals surface area contributed by atoms with Gasteiger partial charge in [-0.2, -0.15) is 0 Å². The van der Waals surface area contributed by atoms with Crippen LogP contribution in [-0.4, -0.2) is 67.6 Å². The van der Waals surface area contributed by atoms with E-state index in [-0.39, 0.29) is 41.8 Å². The Balaban J connectivity index is 0.00000341. The van der Waals surface area contributed by atoms with Gasteiger partial charge >= 0.3 is 35.5 Å². The molecule has 0 bridgehead atoms. The van der Waals surface area contributed by atoms with Crippen molar-refractivity contribution in [2.45, 2.75) is 44.9 Å². The number of aryl methyl sites for hydroxylation is 1. The Labute approximate surface area is 203 Å². The van der Waals surface area contributed by atoms with Crippen molar-refractivity contribution >= 4 is 52.5 Å². The zero-order valence-corrected chi connectivity index (χ0v) is 16.8. The molecule has 0 aliphatic rings. The van der Waals surface area contributed by atoms with E-state index in [1.54, 1.807) is 24.3 Å². The Morgan fingerprint density at radius 1 is 1.13 bits per heavy atom. The summed E-state index contributed by atoms with van der Waals surface area (Å²) < 4.78 is 15.6. The number of aliphatic carboxylic acids is 1. The van der Waals surface area contributed by atoms with Crippen LogP contribution in [0.1, 0.15) is 31.9 Å². The molecule has 2 unspecified atom stereocenters.